The smallest absolute Gasteiger partial charge is 0.408 e. The van der Waals surface area contributed by atoms with Gasteiger partial charge in [-0.3, -0.25) is 9.59 Å². The molecule has 3 rings (SSSR count). The van der Waals surface area contributed by atoms with Crippen molar-refractivity contribution in [3.8, 4) is 0 Å². The number of unbranched alkanes of at least 4 members (excludes halogenated alkanes) is 1. The Hall–Kier alpha value is -3.53. The van der Waals surface area contributed by atoms with Crippen molar-refractivity contribution in [2.24, 2.45) is 5.92 Å². The van der Waals surface area contributed by atoms with Crippen LogP contribution in [0.15, 0.2) is 54.6 Å². The Labute approximate surface area is 230 Å². The molecule has 0 bridgehead atoms. The van der Waals surface area contributed by atoms with Crippen LogP contribution in [-0.2, 0) is 25.0 Å². The van der Waals surface area contributed by atoms with Crippen LogP contribution in [0.25, 0.3) is 0 Å². The molecule has 0 spiro atoms. The van der Waals surface area contributed by atoms with Crippen LogP contribution in [-0.4, -0.2) is 42.8 Å². The van der Waals surface area contributed by atoms with E-state index in [1.54, 1.807) is 18.2 Å². The number of ether oxygens (including phenoxy) is 1. The minimum absolute atomic E-state index is 0.0445. The number of aldehydes is 1. The largest absolute Gasteiger partial charge is 0.434 e. The van der Waals surface area contributed by atoms with E-state index in [1.807, 2.05) is 6.92 Å². The van der Waals surface area contributed by atoms with Crippen molar-refractivity contribution >= 4 is 35.8 Å². The van der Waals surface area contributed by atoms with Crippen molar-refractivity contribution in [3.63, 3.8) is 0 Å². The van der Waals surface area contributed by atoms with Crippen molar-refractivity contribution in [1.82, 2.24) is 16.0 Å². The minimum atomic E-state index is -3.66. The van der Waals surface area contributed by atoms with E-state index in [0.717, 1.165) is 6.07 Å². The van der Waals surface area contributed by atoms with Gasteiger partial charge in [-0.05, 0) is 37.0 Å². The number of halogens is 3. The second-order valence-corrected chi connectivity index (χ2v) is 9.87. The predicted molar refractivity (Wildman–Crippen MR) is 141 cm³/mol. The summed E-state index contributed by atoms with van der Waals surface area (Å²) in [6.45, 7) is 2.38. The maximum absolute atomic E-state index is 15.7. The highest BCUT2D eigenvalue weighted by Crippen LogP contribution is 2.43. The monoisotopic (exact) mass is 563 g/mol. The van der Waals surface area contributed by atoms with Gasteiger partial charge >= 0.3 is 12.0 Å². The standard InChI is InChI=1S/C28H32ClF2N3O5/c1-2-3-12-23(26(37)33-22(17-35)15-19-13-14-32-25(19)36)34-27(38)39-24(18-8-5-4-6-9-18)28(30,31)20-10-7-11-21(29)16-20/h4-11,16-17,19,22-24H,2-3,12-15H2,1H3,(H,32,36)(H,33,37)(H,34,38)/t19-,22-,23-,24?/m0/s1. The summed E-state index contributed by atoms with van der Waals surface area (Å²) >= 11 is 5.93. The van der Waals surface area contributed by atoms with Gasteiger partial charge in [-0.1, -0.05) is 73.8 Å². The predicted octanol–water partition coefficient (Wildman–Crippen LogP) is 4.67. The molecule has 0 aliphatic carbocycles. The first kappa shape index (κ1) is 30.0. The number of alkyl halides is 2. The van der Waals surface area contributed by atoms with Crippen LogP contribution in [0.2, 0.25) is 5.02 Å². The molecule has 1 saturated heterocycles. The number of nitrogens with one attached hydrogen (secondary N) is 3. The van der Waals surface area contributed by atoms with Crippen LogP contribution in [0.4, 0.5) is 13.6 Å². The summed E-state index contributed by atoms with van der Waals surface area (Å²) in [6, 6.07) is 10.6. The molecule has 1 aliphatic rings. The van der Waals surface area contributed by atoms with Gasteiger partial charge in [0.25, 0.3) is 0 Å². The zero-order valence-electron chi connectivity index (χ0n) is 21.5. The molecule has 1 fully saturated rings. The highest BCUT2D eigenvalue weighted by Gasteiger charge is 2.46. The van der Waals surface area contributed by atoms with Crippen molar-refractivity contribution in [3.05, 3.63) is 70.7 Å². The normalized spacial score (nSPS) is 17.4. The van der Waals surface area contributed by atoms with E-state index in [0.29, 0.717) is 32.1 Å². The number of hydrogen-bond donors (Lipinski definition) is 3. The first-order chi connectivity index (χ1) is 18.6. The van der Waals surface area contributed by atoms with E-state index in [4.69, 9.17) is 16.3 Å². The lowest BCUT2D eigenvalue weighted by Gasteiger charge is -2.29. The van der Waals surface area contributed by atoms with Crippen LogP contribution in [0.5, 0.6) is 0 Å². The number of alkyl carbamates (subject to hydrolysis) is 1. The fourth-order valence-corrected chi connectivity index (χ4v) is 4.59. The fraction of sp³-hybridized carbons (Fsp3) is 0.429. The molecule has 0 aromatic heterocycles. The molecule has 3 N–H and O–H groups in total. The lowest BCUT2D eigenvalue weighted by Crippen LogP contribution is -2.51. The second kappa shape index (κ2) is 14.0. The van der Waals surface area contributed by atoms with E-state index in [2.05, 4.69) is 16.0 Å². The molecule has 2 aromatic carbocycles. The Morgan fingerprint density at radius 1 is 1.18 bits per heavy atom. The number of carbonyl (C=O) groups is 4. The van der Waals surface area contributed by atoms with Gasteiger partial charge in [-0.15, -0.1) is 0 Å². The second-order valence-electron chi connectivity index (χ2n) is 9.43. The third kappa shape index (κ3) is 8.23. The molecule has 4 atom stereocenters. The Kier molecular flexibility index (Phi) is 10.8. The molecular formula is C28H32ClF2N3O5. The molecule has 39 heavy (non-hydrogen) atoms. The van der Waals surface area contributed by atoms with Crippen molar-refractivity contribution < 1.29 is 32.7 Å². The summed E-state index contributed by atoms with van der Waals surface area (Å²) in [5.74, 6) is -4.93. The molecule has 8 nitrogen and oxygen atoms in total. The summed E-state index contributed by atoms with van der Waals surface area (Å²) in [7, 11) is 0. The summed E-state index contributed by atoms with van der Waals surface area (Å²) in [4.78, 5) is 49.4. The average molecular weight is 564 g/mol. The molecule has 1 unspecified atom stereocenters. The van der Waals surface area contributed by atoms with Crippen LogP contribution >= 0.6 is 11.6 Å². The zero-order chi connectivity index (χ0) is 28.4. The summed E-state index contributed by atoms with van der Waals surface area (Å²) in [5.41, 5.74) is -0.398. The van der Waals surface area contributed by atoms with Crippen LogP contribution < -0.4 is 16.0 Å². The summed E-state index contributed by atoms with van der Waals surface area (Å²) in [6.07, 6.45) is -0.618. The van der Waals surface area contributed by atoms with Gasteiger partial charge in [0.05, 0.1) is 6.04 Å². The van der Waals surface area contributed by atoms with Gasteiger partial charge < -0.3 is 25.5 Å². The third-order valence-electron chi connectivity index (χ3n) is 6.51. The molecule has 210 valence electrons. The SMILES string of the molecule is CCCC[C@H](NC(=O)OC(c1ccccc1)C(F)(F)c1cccc(Cl)c1)C(=O)N[C@H](C=O)C[C@@H]1CCNC1=O. The quantitative estimate of drug-likeness (QED) is 0.307. The van der Waals surface area contributed by atoms with Gasteiger partial charge in [-0.25, -0.2) is 4.79 Å². The lowest BCUT2D eigenvalue weighted by atomic mass is 9.97. The Morgan fingerprint density at radius 2 is 1.92 bits per heavy atom. The first-order valence-electron chi connectivity index (χ1n) is 12.8. The molecule has 2 aromatic rings. The molecular weight excluding hydrogens is 532 g/mol. The van der Waals surface area contributed by atoms with E-state index >= 15 is 8.78 Å². The Balaban J connectivity index is 1.76. The highest BCUT2D eigenvalue weighted by atomic mass is 35.5. The molecule has 0 radical (unpaired) electrons. The first-order valence-corrected chi connectivity index (χ1v) is 13.2. The van der Waals surface area contributed by atoms with Crippen LogP contribution in [0.1, 0.15) is 56.3 Å². The van der Waals surface area contributed by atoms with Crippen molar-refractivity contribution in [1.29, 1.82) is 0 Å². The van der Waals surface area contributed by atoms with Gasteiger partial charge in [-0.2, -0.15) is 8.78 Å². The van der Waals surface area contributed by atoms with E-state index in [-0.39, 0.29) is 29.3 Å². The van der Waals surface area contributed by atoms with E-state index < -0.39 is 47.6 Å². The molecule has 1 heterocycles. The van der Waals surface area contributed by atoms with Crippen molar-refractivity contribution in [2.45, 2.75) is 63.1 Å². The third-order valence-corrected chi connectivity index (χ3v) is 6.75. The Bertz CT molecular complexity index is 1150. The van der Waals surface area contributed by atoms with Crippen LogP contribution in [0, 0.1) is 5.92 Å². The number of amides is 3. The lowest BCUT2D eigenvalue weighted by molar-refractivity contribution is -0.129. The van der Waals surface area contributed by atoms with E-state index in [1.165, 1.54) is 30.3 Å². The zero-order valence-corrected chi connectivity index (χ0v) is 22.3. The number of rotatable bonds is 13. The molecule has 3 amide bonds. The molecule has 1 aliphatic heterocycles. The van der Waals surface area contributed by atoms with Gasteiger partial charge in [0, 0.05) is 23.0 Å². The summed E-state index contributed by atoms with van der Waals surface area (Å²) in [5, 5.41) is 7.72. The average Bonchev–Trinajstić information content (AvgIpc) is 3.33. The topological polar surface area (TPSA) is 114 Å². The Morgan fingerprint density at radius 3 is 2.54 bits per heavy atom. The van der Waals surface area contributed by atoms with Gasteiger partial charge in [0.2, 0.25) is 11.8 Å². The van der Waals surface area contributed by atoms with Gasteiger partial charge in [0.1, 0.15) is 12.3 Å². The van der Waals surface area contributed by atoms with E-state index in [9.17, 15) is 19.2 Å². The fourth-order valence-electron chi connectivity index (χ4n) is 4.40. The van der Waals surface area contributed by atoms with Crippen molar-refractivity contribution in [2.75, 3.05) is 6.54 Å². The minimum Gasteiger partial charge on any atom is -0.434 e. The maximum atomic E-state index is 15.7. The number of benzene rings is 2. The number of carbonyl (C=O) groups excluding carboxylic acids is 4. The molecule has 0 saturated carbocycles. The number of hydrogen-bond acceptors (Lipinski definition) is 5. The summed E-state index contributed by atoms with van der Waals surface area (Å²) < 4.78 is 36.6. The van der Waals surface area contributed by atoms with Gasteiger partial charge in [0.15, 0.2) is 6.10 Å². The van der Waals surface area contributed by atoms with Crippen LogP contribution in [0.3, 0.4) is 0 Å². The molecule has 11 heteroatoms. The maximum Gasteiger partial charge on any atom is 0.408 e. The highest BCUT2D eigenvalue weighted by molar-refractivity contribution is 6.30.